The first-order chi connectivity index (χ1) is 4.31. The van der Waals surface area contributed by atoms with Crippen molar-refractivity contribution in [2.75, 3.05) is 0 Å². The molecule has 0 aliphatic carbocycles. The van der Waals surface area contributed by atoms with Crippen LogP contribution in [0.4, 0.5) is 0 Å². The second-order valence-corrected chi connectivity index (χ2v) is 4.92. The van der Waals surface area contributed by atoms with Gasteiger partial charge < -0.3 is 9.07 Å². The Hall–Kier alpha value is 1.06. The fraction of sp³-hybridized carbons (Fsp3) is 1.00. The van der Waals surface area contributed by atoms with Gasteiger partial charge in [-0.15, -0.1) is 4.55 Å². The normalized spacial score (nSPS) is 12.8. The maximum atomic E-state index is 5.67. The Morgan fingerprint density at radius 3 is 2.67 bits per heavy atom. The van der Waals surface area contributed by atoms with Crippen LogP contribution in [0, 0.1) is 5.92 Å². The molecule has 0 aromatic rings. The molecule has 0 rings (SSSR count). The molecule has 0 saturated carbocycles. The van der Waals surface area contributed by atoms with Gasteiger partial charge in [-0.05, 0) is 5.92 Å². The molecule has 0 amide bonds. The molecule has 0 nitrogen and oxygen atoms in total. The summed E-state index contributed by atoms with van der Waals surface area (Å²) in [6, 6.07) is 0. The lowest BCUT2D eigenvalue weighted by atomic mass is 10.0. The molecule has 0 heterocycles. The molecule has 0 fully saturated rings. The van der Waals surface area contributed by atoms with E-state index in [1.165, 1.54) is 23.8 Å². The van der Waals surface area contributed by atoms with E-state index in [2.05, 4.69) is 13.8 Å². The lowest BCUT2D eigenvalue weighted by molar-refractivity contribution is 0.509. The van der Waals surface area contributed by atoms with Crippen LogP contribution in [0.1, 0.15) is 33.1 Å². The van der Waals surface area contributed by atoms with Crippen LogP contribution in [0.25, 0.3) is 0 Å². The molecule has 0 radical (unpaired) electrons. The van der Waals surface area contributed by atoms with Crippen LogP contribution in [0.3, 0.4) is 0 Å². The Bertz CT molecular complexity index is 56.9. The fourth-order valence-electron chi connectivity index (χ4n) is 0.791. The molecule has 0 aromatic carbocycles. The molecular formula is C7H15ClMg. The van der Waals surface area contributed by atoms with Gasteiger partial charge in [0.1, 0.15) is 0 Å². The number of hydrogen-bond donors (Lipinski definition) is 0. The van der Waals surface area contributed by atoms with Crippen LogP contribution in [-0.4, -0.2) is 19.3 Å². The Balaban J connectivity index is 2.88. The summed E-state index contributed by atoms with van der Waals surface area (Å²) in [4.78, 5) is 0. The summed E-state index contributed by atoms with van der Waals surface area (Å²) in [5.41, 5.74) is 0. The van der Waals surface area contributed by atoms with E-state index in [0.717, 1.165) is 5.92 Å². The summed E-state index contributed by atoms with van der Waals surface area (Å²) >= 11 is -0.164. The highest BCUT2D eigenvalue weighted by molar-refractivity contribution is 6.93. The molecule has 0 saturated heterocycles. The van der Waals surface area contributed by atoms with Crippen molar-refractivity contribution in [3.8, 4) is 0 Å². The topological polar surface area (TPSA) is 0 Å². The first-order valence-electron chi connectivity index (χ1n) is 3.87. The van der Waals surface area contributed by atoms with E-state index in [-0.39, 0.29) is 19.3 Å². The lowest BCUT2D eigenvalue weighted by Crippen LogP contribution is -1.91. The predicted octanol–water partition coefficient (Wildman–Crippen LogP) is 3.09. The van der Waals surface area contributed by atoms with Crippen LogP contribution in [-0.2, 0) is 0 Å². The summed E-state index contributed by atoms with van der Waals surface area (Å²) in [7, 11) is 5.67. The molecule has 1 atom stereocenters. The molecule has 0 aliphatic rings. The van der Waals surface area contributed by atoms with E-state index in [0.29, 0.717) is 0 Å². The maximum Gasteiger partial charge on any atom is 0.501 e. The predicted molar refractivity (Wildman–Crippen MR) is 45.1 cm³/mol. The van der Waals surface area contributed by atoms with Crippen molar-refractivity contribution in [2.45, 2.75) is 37.7 Å². The van der Waals surface area contributed by atoms with Crippen LogP contribution in [0.5, 0.6) is 0 Å². The smallest absolute Gasteiger partial charge is 0.346 e. The molecule has 9 heavy (non-hydrogen) atoms. The van der Waals surface area contributed by atoms with Crippen LogP contribution in [0.2, 0.25) is 4.55 Å². The monoisotopic (exact) mass is 158 g/mol. The molecule has 52 valence electrons. The van der Waals surface area contributed by atoms with Crippen molar-refractivity contribution in [1.82, 2.24) is 0 Å². The molecule has 0 aromatic heterocycles. The highest BCUT2D eigenvalue weighted by Crippen LogP contribution is 2.10. The van der Waals surface area contributed by atoms with Gasteiger partial charge >= 0.3 is 19.3 Å². The van der Waals surface area contributed by atoms with Crippen molar-refractivity contribution < 1.29 is 0 Å². The van der Waals surface area contributed by atoms with Crippen molar-refractivity contribution in [3.63, 3.8) is 0 Å². The third-order valence-electron chi connectivity index (χ3n) is 1.78. The van der Waals surface area contributed by atoms with E-state index in [1.54, 1.807) is 0 Å². The lowest BCUT2D eigenvalue weighted by Gasteiger charge is -2.05. The van der Waals surface area contributed by atoms with Gasteiger partial charge in [-0.25, -0.2) is 0 Å². The van der Waals surface area contributed by atoms with Gasteiger partial charge in [-0.1, -0.05) is 33.1 Å². The van der Waals surface area contributed by atoms with E-state index in [4.69, 9.17) is 9.07 Å². The fourth-order valence-corrected chi connectivity index (χ4v) is 1.84. The Labute approximate surface area is 71.9 Å². The summed E-state index contributed by atoms with van der Waals surface area (Å²) in [5, 5.41) is 0. The first kappa shape index (κ1) is 10.1. The summed E-state index contributed by atoms with van der Waals surface area (Å²) in [5.74, 6) is 0.919. The summed E-state index contributed by atoms with van der Waals surface area (Å²) < 4.78 is 1.33. The van der Waals surface area contributed by atoms with Crippen molar-refractivity contribution in [2.24, 2.45) is 5.92 Å². The zero-order valence-corrected chi connectivity index (χ0v) is 8.66. The molecule has 0 spiro atoms. The standard InChI is InChI=1S/C7H15.ClH.Mg/c1-4-6-7(3)5-2;;/h7H,1,4-6H2,2-3H3;1H;/q;;+1/p-1. The molecule has 2 heteroatoms. The second kappa shape index (κ2) is 7.17. The van der Waals surface area contributed by atoms with Crippen LogP contribution >= 0.6 is 9.07 Å². The number of halogens is 1. The Kier molecular flexibility index (Phi) is 8.01. The van der Waals surface area contributed by atoms with E-state index in [9.17, 15) is 0 Å². The van der Waals surface area contributed by atoms with Gasteiger partial charge in [0.25, 0.3) is 0 Å². The van der Waals surface area contributed by atoms with Gasteiger partial charge in [0.05, 0.1) is 0 Å². The number of hydrogen-bond acceptors (Lipinski definition) is 0. The minimum Gasteiger partial charge on any atom is -0.346 e. The van der Waals surface area contributed by atoms with Gasteiger partial charge in [0, 0.05) is 0 Å². The van der Waals surface area contributed by atoms with Gasteiger partial charge in [0.2, 0.25) is 0 Å². The van der Waals surface area contributed by atoms with Crippen LogP contribution in [0.15, 0.2) is 0 Å². The van der Waals surface area contributed by atoms with Crippen LogP contribution < -0.4 is 0 Å². The van der Waals surface area contributed by atoms with E-state index in [1.807, 2.05) is 0 Å². The average Bonchev–Trinajstić information content (AvgIpc) is 1.89. The highest BCUT2D eigenvalue weighted by atomic mass is 35.5. The average molecular weight is 159 g/mol. The van der Waals surface area contributed by atoms with Gasteiger partial charge in [0.15, 0.2) is 0 Å². The molecule has 1 unspecified atom stereocenters. The molecule has 0 aliphatic heterocycles. The van der Waals surface area contributed by atoms with Crippen molar-refractivity contribution in [1.29, 1.82) is 0 Å². The maximum absolute atomic E-state index is 5.67. The SMILES string of the molecule is CCC(C)CC[CH2][Mg][Cl]. The largest absolute Gasteiger partial charge is 0.501 e. The molecule has 0 N–H and O–H groups in total. The second-order valence-electron chi connectivity index (χ2n) is 2.70. The van der Waals surface area contributed by atoms with E-state index < -0.39 is 0 Å². The number of rotatable bonds is 5. The first-order valence-corrected chi connectivity index (χ1v) is 7.01. The summed E-state index contributed by atoms with van der Waals surface area (Å²) in [6.07, 6.45) is 4.07. The third-order valence-corrected chi connectivity index (χ3v) is 3.35. The highest BCUT2D eigenvalue weighted by Gasteiger charge is 1.97. The van der Waals surface area contributed by atoms with Crippen molar-refractivity contribution >= 4 is 28.3 Å². The zero-order chi connectivity index (χ0) is 7.11. The van der Waals surface area contributed by atoms with Gasteiger partial charge in [-0.2, -0.15) is 0 Å². The van der Waals surface area contributed by atoms with Crippen molar-refractivity contribution in [3.05, 3.63) is 0 Å². The van der Waals surface area contributed by atoms with Gasteiger partial charge in [-0.3, -0.25) is 0 Å². The molecular weight excluding hydrogens is 144 g/mol. The Morgan fingerprint density at radius 1 is 1.56 bits per heavy atom. The zero-order valence-electron chi connectivity index (χ0n) is 6.49. The van der Waals surface area contributed by atoms with E-state index >= 15 is 0 Å². The Morgan fingerprint density at radius 2 is 2.22 bits per heavy atom. The minimum atomic E-state index is -0.164. The third kappa shape index (κ3) is 6.95. The quantitative estimate of drug-likeness (QED) is 0.427. The summed E-state index contributed by atoms with van der Waals surface area (Å²) in [6.45, 7) is 4.57. The minimum absolute atomic E-state index is 0.164. The molecule has 0 bridgehead atoms.